The molecule has 1 saturated heterocycles. The van der Waals surface area contributed by atoms with Gasteiger partial charge in [-0.05, 0) is 72.5 Å². The molecule has 1 aliphatic rings. The van der Waals surface area contributed by atoms with E-state index in [0.29, 0.717) is 49.0 Å². The summed E-state index contributed by atoms with van der Waals surface area (Å²) in [5.74, 6) is -1.84. The van der Waals surface area contributed by atoms with Crippen molar-refractivity contribution in [3.63, 3.8) is 0 Å². The van der Waals surface area contributed by atoms with E-state index in [2.05, 4.69) is 15.6 Å². The van der Waals surface area contributed by atoms with Crippen LogP contribution in [0.5, 0.6) is 11.5 Å². The van der Waals surface area contributed by atoms with Gasteiger partial charge in [0, 0.05) is 48.3 Å². The Kier molecular flexibility index (Phi) is 11.2. The fourth-order valence-corrected chi connectivity index (χ4v) is 6.51. The molecule has 4 aromatic carbocycles. The molecule has 0 aliphatic carbocycles. The molecule has 6 rings (SSSR count). The third kappa shape index (κ3) is 8.39. The Hall–Kier alpha value is -6.02. The van der Waals surface area contributed by atoms with E-state index in [-0.39, 0.29) is 58.8 Å². The fraction of sp³-hybridized carbons (Fsp3) is 0.250. The number of aromatic hydroxyl groups is 1. The first-order valence-electron chi connectivity index (χ1n) is 17.2. The van der Waals surface area contributed by atoms with Gasteiger partial charge in [0.1, 0.15) is 11.5 Å². The number of likely N-dealkylation sites (tertiary alicyclic amines) is 1. The van der Waals surface area contributed by atoms with Gasteiger partial charge in [0.05, 0.1) is 11.6 Å². The van der Waals surface area contributed by atoms with Crippen LogP contribution in [0.2, 0.25) is 0 Å². The van der Waals surface area contributed by atoms with E-state index in [9.17, 15) is 39.6 Å². The number of aromatic amines is 1. The summed E-state index contributed by atoms with van der Waals surface area (Å²) in [7, 11) is 0. The van der Waals surface area contributed by atoms with Crippen molar-refractivity contribution in [1.82, 2.24) is 20.5 Å². The molecule has 1 aromatic heterocycles. The summed E-state index contributed by atoms with van der Waals surface area (Å²) in [5.41, 5.74) is 0.0144. The number of hydrogen-bond donors (Lipinski definition) is 7. The highest BCUT2D eigenvalue weighted by Crippen LogP contribution is 2.32. The van der Waals surface area contributed by atoms with Crippen LogP contribution in [0.1, 0.15) is 45.1 Å². The van der Waals surface area contributed by atoms with Gasteiger partial charge in [-0.3, -0.25) is 14.4 Å². The molecule has 0 radical (unpaired) electrons. The summed E-state index contributed by atoms with van der Waals surface area (Å²) in [4.78, 5) is 54.0. The predicted molar refractivity (Wildman–Crippen MR) is 196 cm³/mol. The highest BCUT2D eigenvalue weighted by molar-refractivity contribution is 5.94. The molecule has 0 saturated carbocycles. The molecular weight excluding hydrogens is 680 g/mol. The first-order valence-corrected chi connectivity index (χ1v) is 17.2. The second kappa shape index (κ2) is 16.1. The summed E-state index contributed by atoms with van der Waals surface area (Å²) in [6.07, 6.45) is 0.363. The number of pyridine rings is 1. The van der Waals surface area contributed by atoms with Gasteiger partial charge in [-0.2, -0.15) is 0 Å². The molecule has 0 bridgehead atoms. The number of carboxylic acids is 1. The number of ether oxygens (including phenoxy) is 1. The number of amides is 2. The second-order valence-corrected chi connectivity index (χ2v) is 13.0. The number of hydrogen-bond acceptors (Lipinski definition) is 9. The lowest BCUT2D eigenvalue weighted by Crippen LogP contribution is -2.40. The number of aliphatic hydroxyl groups excluding tert-OH is 1. The number of H-pyrrole nitrogens is 1. The van der Waals surface area contributed by atoms with Gasteiger partial charge in [0.15, 0.2) is 6.61 Å². The van der Waals surface area contributed by atoms with Crippen LogP contribution in [0.3, 0.4) is 0 Å². The molecule has 0 spiro atoms. The van der Waals surface area contributed by atoms with Crippen molar-refractivity contribution in [3.8, 4) is 11.5 Å². The Morgan fingerprint density at radius 1 is 0.943 bits per heavy atom. The third-order valence-electron chi connectivity index (χ3n) is 9.36. The normalized spacial score (nSPS) is 15.8. The van der Waals surface area contributed by atoms with E-state index in [4.69, 9.17) is 4.74 Å². The number of phenolic OH excluding ortho intramolecular Hbond substituents is 1. The minimum atomic E-state index is -2.30. The number of aromatic nitrogens is 1. The number of phenols is 1. The molecular formula is C40H40N4O9. The van der Waals surface area contributed by atoms with Crippen molar-refractivity contribution in [2.75, 3.05) is 32.8 Å². The smallest absolute Gasteiger partial charge is 0.345 e. The zero-order chi connectivity index (χ0) is 37.5. The number of rotatable bonds is 14. The third-order valence-corrected chi connectivity index (χ3v) is 9.36. The molecule has 274 valence electrons. The van der Waals surface area contributed by atoms with Crippen molar-refractivity contribution in [1.29, 1.82) is 0 Å². The molecule has 5 aromatic rings. The summed E-state index contributed by atoms with van der Waals surface area (Å²) < 4.78 is 5.64. The van der Waals surface area contributed by atoms with E-state index in [0.717, 1.165) is 5.56 Å². The van der Waals surface area contributed by atoms with E-state index in [1.807, 2.05) is 12.1 Å². The second-order valence-electron chi connectivity index (χ2n) is 13.0. The van der Waals surface area contributed by atoms with Gasteiger partial charge in [-0.15, -0.1) is 0 Å². The maximum Gasteiger partial charge on any atom is 0.345 e. The van der Waals surface area contributed by atoms with Gasteiger partial charge in [-0.1, -0.05) is 60.7 Å². The summed E-state index contributed by atoms with van der Waals surface area (Å²) in [6.45, 7) is 1.30. The van der Waals surface area contributed by atoms with Crippen molar-refractivity contribution in [3.05, 3.63) is 141 Å². The number of aliphatic hydroxyl groups is 2. The molecule has 1 aliphatic heterocycles. The van der Waals surface area contributed by atoms with E-state index >= 15 is 0 Å². The highest BCUT2D eigenvalue weighted by Gasteiger charge is 2.40. The number of nitrogens with one attached hydrogen (secondary N) is 3. The lowest BCUT2D eigenvalue weighted by atomic mass is 9.86. The van der Waals surface area contributed by atoms with Gasteiger partial charge >= 0.3 is 5.97 Å². The Balaban J connectivity index is 0.943. The van der Waals surface area contributed by atoms with Crippen LogP contribution in [0, 0.1) is 0 Å². The quantitative estimate of drug-likeness (QED) is 0.0837. The van der Waals surface area contributed by atoms with E-state index in [1.165, 1.54) is 36.4 Å². The average molecular weight is 721 g/mol. The van der Waals surface area contributed by atoms with Gasteiger partial charge in [-0.25, -0.2) is 4.79 Å². The Morgan fingerprint density at radius 2 is 1.70 bits per heavy atom. The lowest BCUT2D eigenvalue weighted by molar-refractivity contribution is -0.155. The van der Waals surface area contributed by atoms with E-state index < -0.39 is 23.6 Å². The molecule has 2 amide bonds. The van der Waals surface area contributed by atoms with Crippen LogP contribution in [0.25, 0.3) is 10.9 Å². The summed E-state index contributed by atoms with van der Waals surface area (Å²) in [5, 5.41) is 48.5. The SMILES string of the molecule is O=C(COc1cccc(C(O)(C(=O)O)c2ccccc2)c1)NC1CCN(C(=O)c2ccc(CCNCC(O)c3ccc(O)c4[nH]c(=O)ccc34)cc2)C1. The maximum atomic E-state index is 13.2. The number of carboxylic acid groups (broad SMARTS) is 1. The molecule has 3 atom stereocenters. The number of benzene rings is 4. The molecule has 3 unspecified atom stereocenters. The van der Waals surface area contributed by atoms with Crippen LogP contribution in [0.15, 0.2) is 108 Å². The Labute approximate surface area is 304 Å². The molecule has 13 heteroatoms. The number of fused-ring (bicyclic) bond motifs is 1. The monoisotopic (exact) mass is 720 g/mol. The first-order chi connectivity index (χ1) is 25.5. The topological polar surface area (TPSA) is 202 Å². The number of aliphatic carboxylic acids is 1. The first kappa shape index (κ1) is 36.8. The van der Waals surface area contributed by atoms with Crippen molar-refractivity contribution >= 4 is 28.7 Å². The minimum Gasteiger partial charge on any atom is -0.506 e. The van der Waals surface area contributed by atoms with Gasteiger partial charge < -0.3 is 45.7 Å². The predicted octanol–water partition coefficient (Wildman–Crippen LogP) is 2.83. The van der Waals surface area contributed by atoms with Crippen molar-refractivity contribution in [2.24, 2.45) is 0 Å². The molecule has 7 N–H and O–H groups in total. The summed E-state index contributed by atoms with van der Waals surface area (Å²) >= 11 is 0. The Bertz CT molecular complexity index is 2160. The lowest BCUT2D eigenvalue weighted by Gasteiger charge is -2.25. The maximum absolute atomic E-state index is 13.2. The largest absolute Gasteiger partial charge is 0.506 e. The van der Waals surface area contributed by atoms with Crippen LogP contribution in [-0.2, 0) is 21.6 Å². The fourth-order valence-electron chi connectivity index (χ4n) is 6.51. The minimum absolute atomic E-state index is 0.0674. The average Bonchev–Trinajstić information content (AvgIpc) is 3.64. The van der Waals surface area contributed by atoms with Crippen LogP contribution in [0.4, 0.5) is 0 Å². The van der Waals surface area contributed by atoms with Gasteiger partial charge in [0.25, 0.3) is 11.8 Å². The zero-order valence-corrected chi connectivity index (χ0v) is 28.7. The van der Waals surface area contributed by atoms with Crippen LogP contribution >= 0.6 is 0 Å². The van der Waals surface area contributed by atoms with E-state index in [1.54, 1.807) is 59.5 Å². The Morgan fingerprint density at radius 3 is 2.45 bits per heavy atom. The standard InChI is InChI=1S/C40H40N4O9/c45-33-15-13-31(32-14-16-35(47)43-37(32)33)34(46)22-41-19-17-25-9-11-26(12-10-25)38(49)44-20-18-29(23-44)42-36(48)24-53-30-8-4-7-28(21-30)40(52,39(50)51)27-5-2-1-3-6-27/h1-16,21,29,34,41,45-46,52H,17-20,22-24H2,(H,42,48)(H,43,47)(H,50,51). The van der Waals surface area contributed by atoms with Gasteiger partial charge in [0.2, 0.25) is 11.2 Å². The number of carbonyl (C=O) groups excluding carboxylic acids is 2. The zero-order valence-electron chi connectivity index (χ0n) is 28.7. The number of carbonyl (C=O) groups is 3. The molecule has 1 fully saturated rings. The van der Waals surface area contributed by atoms with Crippen LogP contribution < -0.4 is 20.9 Å². The molecule has 53 heavy (non-hydrogen) atoms. The molecule has 2 heterocycles. The molecule has 13 nitrogen and oxygen atoms in total. The number of nitrogens with zero attached hydrogens (tertiary/aromatic N) is 1. The van der Waals surface area contributed by atoms with Crippen molar-refractivity contribution < 1.29 is 39.5 Å². The summed E-state index contributed by atoms with van der Waals surface area (Å²) in [6, 6.07) is 27.0. The highest BCUT2D eigenvalue weighted by atomic mass is 16.5. The van der Waals surface area contributed by atoms with Crippen LogP contribution in [-0.4, -0.2) is 86.9 Å². The van der Waals surface area contributed by atoms with Crippen molar-refractivity contribution in [2.45, 2.75) is 30.6 Å².